The molecule has 0 saturated carbocycles. The van der Waals surface area contributed by atoms with Crippen LogP contribution in [0.3, 0.4) is 0 Å². The van der Waals surface area contributed by atoms with Crippen molar-refractivity contribution in [3.8, 4) is 0 Å². The lowest BCUT2D eigenvalue weighted by Crippen LogP contribution is -1.94. The van der Waals surface area contributed by atoms with Crippen molar-refractivity contribution in [2.24, 2.45) is 0 Å². The lowest BCUT2D eigenvalue weighted by Gasteiger charge is -2.07. The lowest BCUT2D eigenvalue weighted by molar-refractivity contribution is 1.22. The second-order valence-corrected chi connectivity index (χ2v) is 7.33. The van der Waals surface area contributed by atoms with Crippen LogP contribution in [0.4, 0.5) is 11.5 Å². The molecule has 0 aliphatic rings. The Morgan fingerprint density at radius 1 is 1.04 bits per heavy atom. The minimum atomic E-state index is 0.497. The first-order chi connectivity index (χ1) is 11.5. The fourth-order valence-corrected chi connectivity index (χ4v) is 4.20. The van der Waals surface area contributed by atoms with Gasteiger partial charge >= 0.3 is 0 Å². The van der Waals surface area contributed by atoms with E-state index in [1.165, 1.54) is 5.56 Å². The molecule has 0 bridgehead atoms. The minimum Gasteiger partial charge on any atom is -0.339 e. The van der Waals surface area contributed by atoms with E-state index in [1.807, 2.05) is 13.0 Å². The molecule has 7 heteroatoms. The molecule has 0 atom stereocenters. The van der Waals surface area contributed by atoms with Crippen LogP contribution < -0.4 is 5.32 Å². The van der Waals surface area contributed by atoms with Gasteiger partial charge < -0.3 is 5.32 Å². The molecule has 0 amide bonds. The van der Waals surface area contributed by atoms with Gasteiger partial charge in [-0.2, -0.15) is 0 Å². The number of thiophene rings is 1. The van der Waals surface area contributed by atoms with Crippen molar-refractivity contribution in [2.75, 3.05) is 5.32 Å². The van der Waals surface area contributed by atoms with Crippen LogP contribution in [-0.2, 0) is 0 Å². The van der Waals surface area contributed by atoms with Crippen molar-refractivity contribution < 1.29 is 0 Å². The summed E-state index contributed by atoms with van der Waals surface area (Å²) in [5.74, 6) is 0.735. The summed E-state index contributed by atoms with van der Waals surface area (Å²) >= 11 is 13.6. The van der Waals surface area contributed by atoms with E-state index in [2.05, 4.69) is 33.3 Å². The zero-order valence-electron chi connectivity index (χ0n) is 12.9. The zero-order valence-corrected chi connectivity index (χ0v) is 15.2. The number of halogens is 2. The third-order valence-corrected chi connectivity index (χ3v) is 5.55. The quantitative estimate of drug-likeness (QED) is 0.473. The maximum Gasteiger partial charge on any atom is 0.151 e. The predicted molar refractivity (Wildman–Crippen MR) is 102 cm³/mol. The Labute approximate surface area is 152 Å². The van der Waals surface area contributed by atoms with E-state index in [4.69, 9.17) is 23.2 Å². The molecule has 4 rings (SSSR count). The second kappa shape index (κ2) is 5.84. The first-order valence-electron chi connectivity index (χ1n) is 7.26. The maximum atomic E-state index is 6.09. The van der Waals surface area contributed by atoms with Gasteiger partial charge in [0.15, 0.2) is 5.82 Å². The van der Waals surface area contributed by atoms with E-state index in [-0.39, 0.29) is 0 Å². The zero-order chi connectivity index (χ0) is 16.8. The highest BCUT2D eigenvalue weighted by atomic mass is 35.5. The van der Waals surface area contributed by atoms with Crippen molar-refractivity contribution in [1.29, 1.82) is 0 Å². The fourth-order valence-electron chi connectivity index (χ4n) is 2.71. The number of benzene rings is 1. The van der Waals surface area contributed by atoms with Crippen LogP contribution in [0.25, 0.3) is 20.4 Å². The number of aryl methyl sites for hydroxylation is 2. The Bertz CT molecular complexity index is 1090. The molecule has 24 heavy (non-hydrogen) atoms. The van der Waals surface area contributed by atoms with Gasteiger partial charge in [0.05, 0.1) is 20.3 Å². The number of pyridine rings is 1. The molecular formula is C17H12Cl2N4S. The fraction of sp³-hybridized carbons (Fsp3) is 0.118. The molecule has 3 heterocycles. The number of anilines is 2. The Morgan fingerprint density at radius 3 is 2.67 bits per heavy atom. The van der Waals surface area contributed by atoms with Crippen molar-refractivity contribution in [1.82, 2.24) is 15.0 Å². The predicted octanol–water partition coefficient (Wildman–Crippen LogP) is 5.91. The Hall–Kier alpha value is -1.95. The highest BCUT2D eigenvalue weighted by Gasteiger charge is 2.15. The molecule has 0 aliphatic heterocycles. The topological polar surface area (TPSA) is 50.7 Å². The van der Waals surface area contributed by atoms with Crippen LogP contribution in [0.1, 0.15) is 11.3 Å². The average molecular weight is 375 g/mol. The number of hydrogen-bond acceptors (Lipinski definition) is 5. The normalized spacial score (nSPS) is 11.3. The van der Waals surface area contributed by atoms with Gasteiger partial charge in [0.25, 0.3) is 0 Å². The van der Waals surface area contributed by atoms with Crippen molar-refractivity contribution in [2.45, 2.75) is 13.8 Å². The number of fused-ring (bicyclic) bond motifs is 3. The number of hydrogen-bond donors (Lipinski definition) is 1. The van der Waals surface area contributed by atoms with E-state index in [1.54, 1.807) is 29.8 Å². The van der Waals surface area contributed by atoms with Crippen LogP contribution in [0.2, 0.25) is 10.0 Å². The summed E-state index contributed by atoms with van der Waals surface area (Å²) in [5, 5.41) is 5.40. The molecule has 1 N–H and O–H groups in total. The average Bonchev–Trinajstić information content (AvgIpc) is 2.90. The van der Waals surface area contributed by atoms with Gasteiger partial charge in [-0.1, -0.05) is 23.2 Å². The highest BCUT2D eigenvalue weighted by molar-refractivity contribution is 7.26. The second-order valence-electron chi connectivity index (χ2n) is 5.52. The summed E-state index contributed by atoms with van der Waals surface area (Å²) in [6.07, 6.45) is 1.56. The summed E-state index contributed by atoms with van der Waals surface area (Å²) in [5.41, 5.74) is 3.90. The van der Waals surface area contributed by atoms with Gasteiger partial charge in [-0.15, -0.1) is 11.3 Å². The van der Waals surface area contributed by atoms with Gasteiger partial charge in [-0.05, 0) is 43.7 Å². The third kappa shape index (κ3) is 2.59. The molecule has 1 aromatic carbocycles. The van der Waals surface area contributed by atoms with Crippen LogP contribution in [0.5, 0.6) is 0 Å². The van der Waals surface area contributed by atoms with Gasteiger partial charge in [0.2, 0.25) is 0 Å². The standard InChI is InChI=1S/C17H12Cl2N4S/c1-8-5-9(2)22-17-13(8)14-15(24-17)16(21-7-20-14)23-10-3-4-11(18)12(19)6-10/h3-7H,1-2H3,(H,20,21,23). The van der Waals surface area contributed by atoms with E-state index >= 15 is 0 Å². The van der Waals surface area contributed by atoms with Crippen molar-refractivity contribution >= 4 is 66.5 Å². The Kier molecular flexibility index (Phi) is 3.79. The molecule has 120 valence electrons. The van der Waals surface area contributed by atoms with Crippen LogP contribution in [0.15, 0.2) is 30.6 Å². The van der Waals surface area contributed by atoms with Gasteiger partial charge in [0.1, 0.15) is 11.2 Å². The summed E-state index contributed by atoms with van der Waals surface area (Å²) in [6.45, 7) is 4.08. The smallest absolute Gasteiger partial charge is 0.151 e. The summed E-state index contributed by atoms with van der Waals surface area (Å²) in [6, 6.07) is 7.47. The molecule has 3 aromatic heterocycles. The molecule has 0 unspecified atom stereocenters. The minimum absolute atomic E-state index is 0.497. The van der Waals surface area contributed by atoms with E-state index in [0.717, 1.165) is 37.6 Å². The number of rotatable bonds is 2. The molecule has 4 aromatic rings. The molecule has 0 spiro atoms. The van der Waals surface area contributed by atoms with Crippen LogP contribution >= 0.6 is 34.5 Å². The largest absolute Gasteiger partial charge is 0.339 e. The molecule has 0 radical (unpaired) electrons. The van der Waals surface area contributed by atoms with Gasteiger partial charge in [-0.25, -0.2) is 15.0 Å². The molecule has 0 aliphatic carbocycles. The van der Waals surface area contributed by atoms with E-state index < -0.39 is 0 Å². The molecular weight excluding hydrogens is 363 g/mol. The SMILES string of the molecule is Cc1cc(C)c2c(n1)sc1c(Nc3ccc(Cl)c(Cl)c3)ncnc12. The number of nitrogens with one attached hydrogen (secondary N) is 1. The van der Waals surface area contributed by atoms with Crippen molar-refractivity contribution in [3.05, 3.63) is 51.9 Å². The van der Waals surface area contributed by atoms with E-state index in [0.29, 0.717) is 10.0 Å². The summed E-state index contributed by atoms with van der Waals surface area (Å²) < 4.78 is 0.972. The first kappa shape index (κ1) is 15.6. The van der Waals surface area contributed by atoms with Gasteiger partial charge in [0, 0.05) is 16.8 Å². The molecule has 4 nitrogen and oxygen atoms in total. The van der Waals surface area contributed by atoms with Crippen molar-refractivity contribution in [3.63, 3.8) is 0 Å². The molecule has 0 fully saturated rings. The Balaban J connectivity index is 1.89. The third-order valence-electron chi connectivity index (χ3n) is 3.73. The Morgan fingerprint density at radius 2 is 1.88 bits per heavy atom. The van der Waals surface area contributed by atoms with Gasteiger partial charge in [-0.3, -0.25) is 0 Å². The van der Waals surface area contributed by atoms with Crippen LogP contribution in [-0.4, -0.2) is 15.0 Å². The number of aromatic nitrogens is 3. The molecule has 0 saturated heterocycles. The number of nitrogens with zero attached hydrogens (tertiary/aromatic N) is 3. The highest BCUT2D eigenvalue weighted by Crippen LogP contribution is 2.38. The maximum absolute atomic E-state index is 6.09. The monoisotopic (exact) mass is 374 g/mol. The lowest BCUT2D eigenvalue weighted by atomic mass is 10.1. The first-order valence-corrected chi connectivity index (χ1v) is 8.83. The van der Waals surface area contributed by atoms with Crippen LogP contribution in [0, 0.1) is 13.8 Å². The van der Waals surface area contributed by atoms with E-state index in [9.17, 15) is 0 Å². The summed E-state index contributed by atoms with van der Waals surface area (Å²) in [7, 11) is 0. The summed E-state index contributed by atoms with van der Waals surface area (Å²) in [4.78, 5) is 14.5.